The van der Waals surface area contributed by atoms with Crippen molar-refractivity contribution in [3.05, 3.63) is 47.1 Å². The third-order valence-corrected chi connectivity index (χ3v) is 5.97. The fraction of sp³-hybridized carbons (Fsp3) is 0.231. The maximum Gasteiger partial charge on any atom is 0.252 e. The highest BCUT2D eigenvalue weighted by Gasteiger charge is 2.23. The molecule has 7 heteroatoms. The van der Waals surface area contributed by atoms with Crippen LogP contribution in [0.15, 0.2) is 39.9 Å². The van der Waals surface area contributed by atoms with Gasteiger partial charge in [-0.3, -0.25) is 0 Å². The van der Waals surface area contributed by atoms with Crippen LogP contribution in [0.1, 0.15) is 5.56 Å². The van der Waals surface area contributed by atoms with Crippen molar-refractivity contribution in [3.63, 3.8) is 0 Å². The lowest BCUT2D eigenvalue weighted by Gasteiger charge is -2.17. The fourth-order valence-corrected chi connectivity index (χ4v) is 4.11. The number of methoxy groups -OCH3 is 1. The van der Waals surface area contributed by atoms with E-state index in [0.29, 0.717) is 11.3 Å². The molecule has 1 aromatic heterocycles. The topological polar surface area (TPSA) is 46.6 Å². The number of sulfonamides is 1. The quantitative estimate of drug-likeness (QED) is 0.852. The second-order valence-corrected chi connectivity index (χ2v) is 7.37. The van der Waals surface area contributed by atoms with E-state index < -0.39 is 15.8 Å². The van der Waals surface area contributed by atoms with E-state index in [1.807, 2.05) is 0 Å². The van der Waals surface area contributed by atoms with Gasteiger partial charge in [-0.1, -0.05) is 6.07 Å². The molecule has 0 atom stereocenters. The molecule has 0 saturated carbocycles. The van der Waals surface area contributed by atoms with E-state index in [-0.39, 0.29) is 10.8 Å². The SMILES string of the molecule is COc1ccc(F)cc1CN(C)S(=O)(=O)c1cccs1. The van der Waals surface area contributed by atoms with E-state index in [2.05, 4.69) is 0 Å². The van der Waals surface area contributed by atoms with Crippen LogP contribution in [-0.4, -0.2) is 26.9 Å². The van der Waals surface area contributed by atoms with Crippen molar-refractivity contribution < 1.29 is 17.5 Å². The van der Waals surface area contributed by atoms with Gasteiger partial charge < -0.3 is 4.74 Å². The molecular weight excluding hydrogens is 301 g/mol. The van der Waals surface area contributed by atoms with Crippen LogP contribution in [0.2, 0.25) is 0 Å². The summed E-state index contributed by atoms with van der Waals surface area (Å²) in [7, 11) is -0.637. The highest BCUT2D eigenvalue weighted by molar-refractivity contribution is 7.91. The summed E-state index contributed by atoms with van der Waals surface area (Å²) in [4.78, 5) is 0. The molecule has 2 rings (SSSR count). The third kappa shape index (κ3) is 3.00. The molecule has 2 aromatic rings. The Kier molecular flexibility index (Phi) is 4.42. The molecule has 20 heavy (non-hydrogen) atoms. The van der Waals surface area contributed by atoms with Crippen molar-refractivity contribution in [3.8, 4) is 5.75 Å². The summed E-state index contributed by atoms with van der Waals surface area (Å²) in [5.74, 6) is 0.0300. The molecule has 0 fully saturated rings. The van der Waals surface area contributed by atoms with Crippen LogP contribution in [0.4, 0.5) is 4.39 Å². The number of halogens is 1. The first-order valence-corrected chi connectivity index (χ1v) is 8.09. The minimum absolute atomic E-state index is 0.0428. The van der Waals surface area contributed by atoms with E-state index >= 15 is 0 Å². The van der Waals surface area contributed by atoms with Crippen molar-refractivity contribution in [1.29, 1.82) is 0 Å². The summed E-state index contributed by atoms with van der Waals surface area (Å²) in [6.07, 6.45) is 0. The second-order valence-electron chi connectivity index (χ2n) is 4.15. The van der Waals surface area contributed by atoms with Gasteiger partial charge in [-0.15, -0.1) is 11.3 Å². The van der Waals surface area contributed by atoms with Gasteiger partial charge >= 0.3 is 0 Å². The van der Waals surface area contributed by atoms with Gasteiger partial charge in [-0.05, 0) is 29.6 Å². The Morgan fingerprint density at radius 2 is 2.10 bits per heavy atom. The van der Waals surface area contributed by atoms with Crippen LogP contribution in [0, 0.1) is 5.82 Å². The van der Waals surface area contributed by atoms with Gasteiger partial charge in [0.2, 0.25) is 0 Å². The summed E-state index contributed by atoms with van der Waals surface area (Å²) in [5.41, 5.74) is 0.482. The smallest absolute Gasteiger partial charge is 0.252 e. The minimum atomic E-state index is -3.56. The molecule has 0 radical (unpaired) electrons. The monoisotopic (exact) mass is 315 g/mol. The molecule has 0 amide bonds. The van der Waals surface area contributed by atoms with E-state index in [0.717, 1.165) is 11.3 Å². The standard InChI is InChI=1S/C13H14FNO3S2/c1-15(20(16,17)13-4-3-7-19-13)9-10-8-11(14)5-6-12(10)18-2/h3-8H,9H2,1-2H3. The van der Waals surface area contributed by atoms with Crippen LogP contribution in [0.3, 0.4) is 0 Å². The van der Waals surface area contributed by atoms with Gasteiger partial charge in [0.1, 0.15) is 15.8 Å². The van der Waals surface area contributed by atoms with Crippen molar-refractivity contribution in [2.24, 2.45) is 0 Å². The molecule has 1 aromatic carbocycles. The molecule has 0 aliphatic heterocycles. The lowest BCUT2D eigenvalue weighted by molar-refractivity contribution is 0.396. The average molecular weight is 315 g/mol. The highest BCUT2D eigenvalue weighted by Crippen LogP contribution is 2.25. The number of hydrogen-bond acceptors (Lipinski definition) is 4. The van der Waals surface area contributed by atoms with Gasteiger partial charge in [0.25, 0.3) is 10.0 Å². The predicted octanol–water partition coefficient (Wildman–Crippen LogP) is 2.72. The maximum atomic E-state index is 13.3. The number of nitrogens with zero attached hydrogens (tertiary/aromatic N) is 1. The van der Waals surface area contributed by atoms with Crippen molar-refractivity contribution in [2.45, 2.75) is 10.8 Å². The third-order valence-electron chi connectivity index (χ3n) is 2.80. The lowest BCUT2D eigenvalue weighted by atomic mass is 10.2. The first-order chi connectivity index (χ1) is 9.45. The summed E-state index contributed by atoms with van der Waals surface area (Å²) in [6, 6.07) is 7.25. The molecule has 0 aliphatic rings. The Hall–Kier alpha value is -1.44. The summed E-state index contributed by atoms with van der Waals surface area (Å²) in [5, 5.41) is 1.70. The Morgan fingerprint density at radius 3 is 2.70 bits per heavy atom. The highest BCUT2D eigenvalue weighted by atomic mass is 32.2. The Labute approximate surface area is 121 Å². The molecule has 4 nitrogen and oxygen atoms in total. The number of thiophene rings is 1. The number of hydrogen-bond donors (Lipinski definition) is 0. The second kappa shape index (κ2) is 5.90. The van der Waals surface area contributed by atoms with Gasteiger partial charge in [0.05, 0.1) is 7.11 Å². The zero-order valence-corrected chi connectivity index (χ0v) is 12.7. The van der Waals surface area contributed by atoms with E-state index in [4.69, 9.17) is 4.74 Å². The van der Waals surface area contributed by atoms with E-state index in [1.54, 1.807) is 17.5 Å². The first kappa shape index (κ1) is 15.0. The van der Waals surface area contributed by atoms with Crippen LogP contribution in [0.25, 0.3) is 0 Å². The van der Waals surface area contributed by atoms with Gasteiger partial charge in [-0.25, -0.2) is 12.8 Å². The van der Waals surface area contributed by atoms with Crippen LogP contribution in [-0.2, 0) is 16.6 Å². The molecule has 0 unspecified atom stereocenters. The molecule has 0 saturated heterocycles. The van der Waals surface area contributed by atoms with E-state index in [1.165, 1.54) is 36.7 Å². The summed E-state index contributed by atoms with van der Waals surface area (Å²) in [6.45, 7) is 0.0428. The van der Waals surface area contributed by atoms with Gasteiger partial charge in [0, 0.05) is 19.2 Å². The molecule has 1 heterocycles. The lowest BCUT2D eigenvalue weighted by Crippen LogP contribution is -2.26. The number of rotatable bonds is 5. The zero-order chi connectivity index (χ0) is 14.8. The van der Waals surface area contributed by atoms with Crippen LogP contribution in [0.5, 0.6) is 5.75 Å². The van der Waals surface area contributed by atoms with Gasteiger partial charge in [0.15, 0.2) is 0 Å². The molecule has 0 spiro atoms. The van der Waals surface area contributed by atoms with Crippen LogP contribution >= 0.6 is 11.3 Å². The first-order valence-electron chi connectivity index (χ1n) is 5.77. The minimum Gasteiger partial charge on any atom is -0.496 e. The molecule has 108 valence electrons. The van der Waals surface area contributed by atoms with Gasteiger partial charge in [-0.2, -0.15) is 4.31 Å². The largest absolute Gasteiger partial charge is 0.496 e. The molecule has 0 aliphatic carbocycles. The molecule has 0 N–H and O–H groups in total. The number of ether oxygens (including phenoxy) is 1. The van der Waals surface area contributed by atoms with Crippen molar-refractivity contribution in [2.75, 3.05) is 14.2 Å². The Balaban J connectivity index is 2.28. The summed E-state index contributed by atoms with van der Waals surface area (Å²) < 4.78 is 44.4. The number of benzene rings is 1. The van der Waals surface area contributed by atoms with Crippen LogP contribution < -0.4 is 4.74 Å². The zero-order valence-electron chi connectivity index (χ0n) is 11.0. The van der Waals surface area contributed by atoms with Crippen molar-refractivity contribution in [1.82, 2.24) is 4.31 Å². The molecular formula is C13H14FNO3S2. The predicted molar refractivity (Wildman–Crippen MR) is 75.9 cm³/mol. The maximum absolute atomic E-state index is 13.3. The fourth-order valence-electron chi connectivity index (χ4n) is 1.76. The normalized spacial score (nSPS) is 11.8. The van der Waals surface area contributed by atoms with Crippen molar-refractivity contribution >= 4 is 21.4 Å². The Bertz CT molecular complexity index is 684. The molecule has 0 bridgehead atoms. The van der Waals surface area contributed by atoms with E-state index in [9.17, 15) is 12.8 Å². The average Bonchev–Trinajstić information content (AvgIpc) is 2.93. The summed E-state index contributed by atoms with van der Waals surface area (Å²) >= 11 is 1.15. The Morgan fingerprint density at radius 1 is 1.35 bits per heavy atom.